The van der Waals surface area contributed by atoms with Crippen LogP contribution in [-0.2, 0) is 14.3 Å². The van der Waals surface area contributed by atoms with Crippen molar-refractivity contribution >= 4 is 29.0 Å². The lowest BCUT2D eigenvalue weighted by Gasteiger charge is -2.25. The van der Waals surface area contributed by atoms with E-state index in [2.05, 4.69) is 10.6 Å². The highest BCUT2D eigenvalue weighted by molar-refractivity contribution is 7.80. The van der Waals surface area contributed by atoms with Crippen molar-refractivity contribution in [1.82, 2.24) is 5.32 Å². The molecule has 0 heterocycles. The predicted octanol–water partition coefficient (Wildman–Crippen LogP) is 4.01. The van der Waals surface area contributed by atoms with Gasteiger partial charge in [-0.25, -0.2) is 4.79 Å². The normalized spacial score (nSPS) is 12.0. The Bertz CT molecular complexity index is 834. The molecule has 0 aliphatic carbocycles. The minimum absolute atomic E-state index is 0.124. The lowest BCUT2D eigenvalue weighted by Crippen LogP contribution is -2.47. The van der Waals surface area contributed by atoms with Crippen LogP contribution in [0.4, 0.5) is 5.69 Å². The van der Waals surface area contributed by atoms with E-state index < -0.39 is 17.6 Å². The van der Waals surface area contributed by atoms with Crippen LogP contribution < -0.4 is 15.4 Å². The molecule has 1 atom stereocenters. The van der Waals surface area contributed by atoms with Crippen molar-refractivity contribution in [2.45, 2.75) is 32.4 Å². The molecule has 0 fully saturated rings. The van der Waals surface area contributed by atoms with Crippen LogP contribution in [-0.4, -0.2) is 43.6 Å². The summed E-state index contributed by atoms with van der Waals surface area (Å²) in [6, 6.07) is 15.0. The smallest absolute Gasteiger partial charge is 0.330 e. The summed E-state index contributed by atoms with van der Waals surface area (Å²) in [5.74, 6) is 0.179. The molecule has 0 spiro atoms. The Balaban J connectivity index is 2.16. The zero-order valence-electron chi connectivity index (χ0n) is 17.4. The average Bonchev–Trinajstić information content (AvgIpc) is 2.70. The molecule has 7 heteroatoms. The van der Waals surface area contributed by atoms with Gasteiger partial charge < -0.3 is 24.8 Å². The Morgan fingerprint density at radius 2 is 1.76 bits per heavy atom. The number of thiocarbonyl (C=S) groups is 1. The first-order chi connectivity index (χ1) is 13.7. The highest BCUT2D eigenvalue weighted by Gasteiger charge is 2.23. The minimum Gasteiger partial charge on any atom is -0.495 e. The molecule has 1 unspecified atom stereocenters. The SMILES string of the molecule is COC(=O)C(COC(C)(C)C)NC(=S)Nc1cc(-c2ccccc2)ccc1OC. The van der Waals surface area contributed by atoms with E-state index in [0.29, 0.717) is 11.4 Å². The molecule has 156 valence electrons. The van der Waals surface area contributed by atoms with Crippen molar-refractivity contribution in [2.24, 2.45) is 0 Å². The second-order valence-electron chi connectivity index (χ2n) is 7.38. The first-order valence-corrected chi connectivity index (χ1v) is 9.67. The van der Waals surface area contributed by atoms with Crippen molar-refractivity contribution in [3.8, 4) is 16.9 Å². The molecule has 0 saturated carbocycles. The monoisotopic (exact) mass is 416 g/mol. The molecule has 2 N–H and O–H groups in total. The molecule has 0 aromatic heterocycles. The number of carbonyl (C=O) groups is 1. The molecule has 0 aliphatic heterocycles. The molecular weight excluding hydrogens is 388 g/mol. The van der Waals surface area contributed by atoms with E-state index in [9.17, 15) is 4.79 Å². The zero-order chi connectivity index (χ0) is 21.4. The predicted molar refractivity (Wildman–Crippen MR) is 119 cm³/mol. The van der Waals surface area contributed by atoms with Gasteiger partial charge in [0.1, 0.15) is 11.8 Å². The van der Waals surface area contributed by atoms with Crippen LogP contribution in [0.3, 0.4) is 0 Å². The molecule has 0 saturated heterocycles. The second-order valence-corrected chi connectivity index (χ2v) is 7.79. The molecule has 2 aromatic rings. The molecule has 29 heavy (non-hydrogen) atoms. The Morgan fingerprint density at radius 3 is 2.34 bits per heavy atom. The van der Waals surface area contributed by atoms with E-state index in [1.165, 1.54) is 7.11 Å². The van der Waals surface area contributed by atoms with Gasteiger partial charge in [-0.3, -0.25) is 0 Å². The number of methoxy groups -OCH3 is 2. The molecule has 2 aromatic carbocycles. The van der Waals surface area contributed by atoms with E-state index in [0.717, 1.165) is 11.1 Å². The van der Waals surface area contributed by atoms with Crippen molar-refractivity contribution in [2.75, 3.05) is 26.1 Å². The van der Waals surface area contributed by atoms with E-state index in [1.807, 2.05) is 69.3 Å². The summed E-state index contributed by atoms with van der Waals surface area (Å²) in [6.45, 7) is 5.87. The number of ether oxygens (including phenoxy) is 3. The number of nitrogens with one attached hydrogen (secondary N) is 2. The maximum atomic E-state index is 12.1. The minimum atomic E-state index is -0.734. The second kappa shape index (κ2) is 10.2. The highest BCUT2D eigenvalue weighted by atomic mass is 32.1. The quantitative estimate of drug-likeness (QED) is 0.522. The molecule has 0 amide bonds. The fourth-order valence-corrected chi connectivity index (χ4v) is 2.83. The largest absolute Gasteiger partial charge is 0.495 e. The summed E-state index contributed by atoms with van der Waals surface area (Å²) in [5.41, 5.74) is 2.38. The zero-order valence-corrected chi connectivity index (χ0v) is 18.3. The van der Waals surface area contributed by atoms with E-state index >= 15 is 0 Å². The maximum Gasteiger partial charge on any atom is 0.330 e. The molecule has 0 bridgehead atoms. The molecule has 2 rings (SSSR count). The summed E-state index contributed by atoms with van der Waals surface area (Å²) in [6.07, 6.45) is 0. The van der Waals surface area contributed by atoms with Crippen LogP contribution in [0.15, 0.2) is 48.5 Å². The van der Waals surface area contributed by atoms with Crippen molar-refractivity contribution < 1.29 is 19.0 Å². The van der Waals surface area contributed by atoms with Crippen LogP contribution >= 0.6 is 12.2 Å². The molecule has 0 radical (unpaired) electrons. The van der Waals surface area contributed by atoms with Gasteiger partial charge in [0.25, 0.3) is 0 Å². The van der Waals surface area contributed by atoms with Crippen molar-refractivity contribution in [1.29, 1.82) is 0 Å². The first kappa shape index (κ1) is 22.6. The third kappa shape index (κ3) is 7.03. The standard InChI is InChI=1S/C22H28N2O4S/c1-22(2,3)28-14-18(20(25)27-5)24-21(29)23-17-13-16(11-12-19(17)26-4)15-9-7-6-8-10-15/h6-13,18H,14H2,1-5H3,(H2,23,24,29). The van der Waals surface area contributed by atoms with Crippen LogP contribution in [0.2, 0.25) is 0 Å². The number of hydrogen-bond acceptors (Lipinski definition) is 5. The van der Waals surface area contributed by atoms with E-state index in [1.54, 1.807) is 7.11 Å². The van der Waals surface area contributed by atoms with E-state index in [-0.39, 0.29) is 11.7 Å². The van der Waals surface area contributed by atoms with Gasteiger partial charge >= 0.3 is 5.97 Å². The Hall–Kier alpha value is -2.64. The lowest BCUT2D eigenvalue weighted by molar-refractivity contribution is -0.145. The van der Waals surface area contributed by atoms with Crippen LogP contribution in [0.25, 0.3) is 11.1 Å². The lowest BCUT2D eigenvalue weighted by atomic mass is 10.0. The van der Waals surface area contributed by atoms with Crippen molar-refractivity contribution in [3.05, 3.63) is 48.5 Å². The van der Waals surface area contributed by atoms with Crippen LogP contribution in [0, 0.1) is 0 Å². The highest BCUT2D eigenvalue weighted by Crippen LogP contribution is 2.30. The fraction of sp³-hybridized carbons (Fsp3) is 0.364. The third-order valence-corrected chi connectivity index (χ3v) is 4.25. The average molecular weight is 417 g/mol. The topological polar surface area (TPSA) is 68.8 Å². The van der Waals surface area contributed by atoms with Gasteiger partial charge in [0.05, 0.1) is 32.1 Å². The van der Waals surface area contributed by atoms with Crippen LogP contribution in [0.5, 0.6) is 5.75 Å². The van der Waals surface area contributed by atoms with Gasteiger partial charge in [-0.05, 0) is 56.2 Å². The van der Waals surface area contributed by atoms with Gasteiger partial charge in [-0.1, -0.05) is 36.4 Å². The molecule has 0 aliphatic rings. The summed E-state index contributed by atoms with van der Waals surface area (Å²) in [7, 11) is 2.92. The summed E-state index contributed by atoms with van der Waals surface area (Å²) >= 11 is 5.41. The Labute approximate surface area is 177 Å². The summed E-state index contributed by atoms with van der Waals surface area (Å²) in [4.78, 5) is 12.1. The van der Waals surface area contributed by atoms with Gasteiger partial charge in [-0.2, -0.15) is 0 Å². The number of hydrogen-bond donors (Lipinski definition) is 2. The molecule has 6 nitrogen and oxygen atoms in total. The number of esters is 1. The maximum absolute atomic E-state index is 12.1. The van der Waals surface area contributed by atoms with Crippen LogP contribution in [0.1, 0.15) is 20.8 Å². The fourth-order valence-electron chi connectivity index (χ4n) is 2.58. The summed E-state index contributed by atoms with van der Waals surface area (Å²) in [5, 5.41) is 6.34. The summed E-state index contributed by atoms with van der Waals surface area (Å²) < 4.78 is 16.0. The van der Waals surface area contributed by atoms with E-state index in [4.69, 9.17) is 26.4 Å². The number of carbonyl (C=O) groups excluding carboxylic acids is 1. The third-order valence-electron chi connectivity index (χ3n) is 4.03. The molecular formula is C22H28N2O4S. The number of anilines is 1. The Kier molecular flexibility index (Phi) is 7.99. The van der Waals surface area contributed by atoms with Gasteiger partial charge in [0.2, 0.25) is 0 Å². The van der Waals surface area contributed by atoms with Crippen molar-refractivity contribution in [3.63, 3.8) is 0 Å². The van der Waals surface area contributed by atoms with Gasteiger partial charge in [0.15, 0.2) is 5.11 Å². The Morgan fingerprint density at radius 1 is 1.07 bits per heavy atom. The number of benzene rings is 2. The first-order valence-electron chi connectivity index (χ1n) is 9.26. The number of rotatable bonds is 7. The van der Waals surface area contributed by atoms with Gasteiger partial charge in [-0.15, -0.1) is 0 Å². The van der Waals surface area contributed by atoms with Gasteiger partial charge in [0, 0.05) is 0 Å².